The molecule has 3 N–H and O–H groups in total. The van der Waals surface area contributed by atoms with Crippen LogP contribution in [0.3, 0.4) is 0 Å². The molecule has 116 valence electrons. The average Bonchev–Trinajstić information content (AvgIpc) is 2.84. The van der Waals surface area contributed by atoms with Gasteiger partial charge in [-0.25, -0.2) is 13.1 Å². The Morgan fingerprint density at radius 3 is 2.45 bits per heavy atom. The molecule has 20 heavy (non-hydrogen) atoms. The van der Waals surface area contributed by atoms with Gasteiger partial charge in [-0.05, 0) is 25.0 Å². The summed E-state index contributed by atoms with van der Waals surface area (Å²) < 4.78 is 32.1. The molecule has 2 unspecified atom stereocenters. The number of rotatable bonds is 8. The molecule has 0 bridgehead atoms. The zero-order valence-corrected chi connectivity index (χ0v) is 13.2. The fourth-order valence-electron chi connectivity index (χ4n) is 1.48. The van der Waals surface area contributed by atoms with E-state index in [2.05, 4.69) is 10.0 Å². The Morgan fingerprint density at radius 1 is 1.25 bits per heavy atom. The van der Waals surface area contributed by atoms with E-state index in [0.717, 1.165) is 0 Å². The second-order valence-electron chi connectivity index (χ2n) is 5.33. The molecular weight excluding hydrogens is 280 g/mol. The van der Waals surface area contributed by atoms with Crippen LogP contribution in [0.5, 0.6) is 0 Å². The maximum absolute atomic E-state index is 12.1. The molecule has 0 saturated carbocycles. The van der Waals surface area contributed by atoms with Crippen molar-refractivity contribution in [2.45, 2.75) is 51.4 Å². The highest BCUT2D eigenvalue weighted by Crippen LogP contribution is 2.15. The number of hydrogen-bond donors (Lipinski definition) is 3. The predicted molar refractivity (Wildman–Crippen MR) is 76.7 cm³/mol. The molecule has 2 atom stereocenters. The molecule has 0 aliphatic heterocycles. The van der Waals surface area contributed by atoms with Crippen LogP contribution in [-0.4, -0.2) is 32.2 Å². The summed E-state index contributed by atoms with van der Waals surface area (Å²) in [6.07, 6.45) is 0. The van der Waals surface area contributed by atoms with E-state index < -0.39 is 10.0 Å². The highest BCUT2D eigenvalue weighted by atomic mass is 32.2. The summed E-state index contributed by atoms with van der Waals surface area (Å²) in [5, 5.41) is 12.1. The minimum atomic E-state index is -3.69. The van der Waals surface area contributed by atoms with Gasteiger partial charge >= 0.3 is 0 Å². The third-order valence-corrected chi connectivity index (χ3v) is 4.50. The fraction of sp³-hybridized carbons (Fsp3) is 0.692. The zero-order chi connectivity index (χ0) is 15.3. The van der Waals surface area contributed by atoms with Crippen LogP contribution in [0.1, 0.15) is 33.5 Å². The number of nitrogens with one attached hydrogen (secondary N) is 2. The van der Waals surface area contributed by atoms with Crippen LogP contribution in [0.15, 0.2) is 21.6 Å². The molecule has 0 spiro atoms. The topological polar surface area (TPSA) is 91.6 Å². The summed E-state index contributed by atoms with van der Waals surface area (Å²) in [6.45, 7) is 7.89. The Labute approximate surface area is 120 Å². The van der Waals surface area contributed by atoms with Crippen molar-refractivity contribution < 1.29 is 17.9 Å². The Balaban J connectivity index is 2.73. The lowest BCUT2D eigenvalue weighted by atomic mass is 10.1. The van der Waals surface area contributed by atoms with E-state index in [4.69, 9.17) is 9.52 Å². The van der Waals surface area contributed by atoms with E-state index in [1.165, 1.54) is 6.07 Å². The van der Waals surface area contributed by atoms with Gasteiger partial charge in [-0.15, -0.1) is 0 Å². The first kappa shape index (κ1) is 17.2. The quantitative estimate of drug-likeness (QED) is 0.668. The summed E-state index contributed by atoms with van der Waals surface area (Å²) in [5.74, 6) is 0.406. The minimum absolute atomic E-state index is 0.0780. The fourth-order valence-corrected chi connectivity index (χ4v) is 2.78. The van der Waals surface area contributed by atoms with Gasteiger partial charge in [0.2, 0.25) is 5.09 Å². The van der Waals surface area contributed by atoms with Gasteiger partial charge in [0.25, 0.3) is 10.0 Å². The van der Waals surface area contributed by atoms with Crippen molar-refractivity contribution in [3.05, 3.63) is 17.9 Å². The highest BCUT2D eigenvalue weighted by Gasteiger charge is 2.23. The van der Waals surface area contributed by atoms with Crippen molar-refractivity contribution in [3.63, 3.8) is 0 Å². The Morgan fingerprint density at radius 2 is 1.90 bits per heavy atom. The van der Waals surface area contributed by atoms with Gasteiger partial charge in [-0.3, -0.25) is 0 Å². The molecule has 1 rings (SSSR count). The van der Waals surface area contributed by atoms with E-state index >= 15 is 0 Å². The molecule has 0 saturated heterocycles. The largest absolute Gasteiger partial charge is 0.447 e. The van der Waals surface area contributed by atoms with Crippen LogP contribution in [-0.2, 0) is 16.6 Å². The molecule has 1 heterocycles. The summed E-state index contributed by atoms with van der Waals surface area (Å²) in [5.41, 5.74) is 0. The molecule has 6 nitrogen and oxygen atoms in total. The van der Waals surface area contributed by atoms with E-state index in [1.807, 2.05) is 13.8 Å². The lowest BCUT2D eigenvalue weighted by Crippen LogP contribution is -2.38. The lowest BCUT2D eigenvalue weighted by molar-refractivity contribution is 0.216. The van der Waals surface area contributed by atoms with Crippen molar-refractivity contribution in [1.82, 2.24) is 10.0 Å². The van der Waals surface area contributed by atoms with E-state index in [0.29, 0.717) is 18.3 Å². The molecule has 0 aliphatic rings. The first-order chi connectivity index (χ1) is 9.26. The highest BCUT2D eigenvalue weighted by molar-refractivity contribution is 7.89. The molecule has 1 aromatic rings. The van der Waals surface area contributed by atoms with Gasteiger partial charge in [-0.2, -0.15) is 0 Å². The lowest BCUT2D eigenvalue weighted by Gasteiger charge is -2.18. The van der Waals surface area contributed by atoms with Gasteiger partial charge in [0.05, 0.1) is 6.54 Å². The molecule has 1 aromatic heterocycles. The van der Waals surface area contributed by atoms with Gasteiger partial charge < -0.3 is 14.8 Å². The van der Waals surface area contributed by atoms with Crippen molar-refractivity contribution in [3.8, 4) is 0 Å². The SMILES string of the molecule is CC(C)NCc1ccc(S(=O)(=O)NC(C)C(C)CO)o1. The van der Waals surface area contributed by atoms with E-state index in [9.17, 15) is 8.42 Å². The second-order valence-corrected chi connectivity index (χ2v) is 6.97. The molecular formula is C13H24N2O4S. The smallest absolute Gasteiger partial charge is 0.274 e. The average molecular weight is 304 g/mol. The van der Waals surface area contributed by atoms with Crippen molar-refractivity contribution in [2.24, 2.45) is 5.92 Å². The maximum atomic E-state index is 12.1. The number of furan rings is 1. The first-order valence-electron chi connectivity index (χ1n) is 6.71. The second kappa shape index (κ2) is 7.21. The Bertz CT molecular complexity index is 510. The van der Waals surface area contributed by atoms with E-state index in [-0.39, 0.29) is 23.7 Å². The third kappa shape index (κ3) is 4.90. The van der Waals surface area contributed by atoms with Crippen molar-refractivity contribution in [2.75, 3.05) is 6.61 Å². The standard InChI is InChI=1S/C13H24N2O4S/c1-9(2)14-7-12-5-6-13(19-12)20(17,18)15-11(4)10(3)8-16/h5-6,9-11,14-16H,7-8H2,1-4H3. The summed E-state index contributed by atoms with van der Waals surface area (Å²) in [4.78, 5) is 0. The summed E-state index contributed by atoms with van der Waals surface area (Å²) in [7, 11) is -3.69. The van der Waals surface area contributed by atoms with Crippen LogP contribution in [0, 0.1) is 5.92 Å². The number of sulfonamides is 1. The molecule has 0 aliphatic carbocycles. The molecule has 0 fully saturated rings. The summed E-state index contributed by atoms with van der Waals surface area (Å²) >= 11 is 0. The van der Waals surface area contributed by atoms with Crippen LogP contribution in [0.2, 0.25) is 0 Å². The van der Waals surface area contributed by atoms with E-state index in [1.54, 1.807) is 19.9 Å². The molecule has 0 radical (unpaired) electrons. The maximum Gasteiger partial charge on any atom is 0.274 e. The van der Waals surface area contributed by atoms with Crippen molar-refractivity contribution >= 4 is 10.0 Å². The Kier molecular flexibility index (Phi) is 6.19. The van der Waals surface area contributed by atoms with Crippen LogP contribution >= 0.6 is 0 Å². The van der Waals surface area contributed by atoms with Gasteiger partial charge in [0, 0.05) is 18.7 Å². The van der Waals surface area contributed by atoms with Crippen LogP contribution in [0.25, 0.3) is 0 Å². The molecule has 0 amide bonds. The Hall–Kier alpha value is -0.890. The first-order valence-corrected chi connectivity index (χ1v) is 8.20. The monoisotopic (exact) mass is 304 g/mol. The number of aliphatic hydroxyl groups is 1. The minimum Gasteiger partial charge on any atom is -0.447 e. The third-order valence-electron chi connectivity index (χ3n) is 3.07. The van der Waals surface area contributed by atoms with Crippen molar-refractivity contribution in [1.29, 1.82) is 0 Å². The van der Waals surface area contributed by atoms with Crippen LogP contribution in [0.4, 0.5) is 0 Å². The molecule has 7 heteroatoms. The predicted octanol–water partition coefficient (Wildman–Crippen LogP) is 1.07. The normalized spacial score (nSPS) is 15.5. The van der Waals surface area contributed by atoms with Gasteiger partial charge in [0.15, 0.2) is 0 Å². The summed E-state index contributed by atoms with van der Waals surface area (Å²) in [6, 6.07) is 3.01. The number of aliphatic hydroxyl groups excluding tert-OH is 1. The molecule has 0 aromatic carbocycles. The zero-order valence-electron chi connectivity index (χ0n) is 12.4. The van der Waals surface area contributed by atoms with Crippen LogP contribution < -0.4 is 10.0 Å². The van der Waals surface area contributed by atoms with Gasteiger partial charge in [-0.1, -0.05) is 20.8 Å². The van der Waals surface area contributed by atoms with Gasteiger partial charge in [0.1, 0.15) is 5.76 Å². The number of hydrogen-bond acceptors (Lipinski definition) is 5.